The fraction of sp³-hybridized carbons (Fsp3) is 0.176. The molecule has 5 heteroatoms. The van der Waals surface area contributed by atoms with Crippen LogP contribution in [0.25, 0.3) is 22.8 Å². The van der Waals surface area contributed by atoms with Crippen LogP contribution >= 0.6 is 27.7 Å². The maximum atomic E-state index is 3.62. The summed E-state index contributed by atoms with van der Waals surface area (Å²) in [5.41, 5.74) is 8.02. The molecule has 3 aliphatic rings. The number of allylic oxidation sites excluding steroid dienone is 2. The summed E-state index contributed by atoms with van der Waals surface area (Å²) in [6, 6.07) is 32.2. The molecule has 0 fully saturated rings. The maximum absolute atomic E-state index is 3.62. The second kappa shape index (κ2) is 15.7. The average Bonchev–Trinajstić information content (AvgIpc) is 3.57. The number of rotatable bonds is 1. The molecule has 4 aromatic rings. The first kappa shape index (κ1) is 31.5. The van der Waals surface area contributed by atoms with Crippen LogP contribution in [0.5, 0.6) is 0 Å². The molecule has 2 aliphatic carbocycles. The molecule has 0 saturated carbocycles. The predicted octanol–water partition coefficient (Wildman–Crippen LogP) is 9.76. The van der Waals surface area contributed by atoms with Crippen LogP contribution < -0.4 is 0 Å². The Bertz CT molecular complexity index is 1420. The van der Waals surface area contributed by atoms with E-state index in [-0.39, 0.29) is 32.1 Å². The second-order valence-electron chi connectivity index (χ2n) is 8.97. The summed E-state index contributed by atoms with van der Waals surface area (Å²) < 4.78 is 1.17. The van der Waals surface area contributed by atoms with Crippen LogP contribution in [0, 0.1) is 12.2 Å². The molecule has 0 amide bonds. The number of halogens is 1. The van der Waals surface area contributed by atoms with Crippen molar-refractivity contribution in [2.24, 2.45) is 0 Å². The van der Waals surface area contributed by atoms with Crippen molar-refractivity contribution in [3.8, 4) is 0 Å². The molecular formula is C34H31BrN2SZr. The van der Waals surface area contributed by atoms with Crippen LogP contribution in [0.4, 0.5) is 0 Å². The van der Waals surface area contributed by atoms with Crippen LogP contribution in [-0.2, 0) is 26.2 Å². The Kier molecular flexibility index (Phi) is 12.7. The van der Waals surface area contributed by atoms with E-state index >= 15 is 0 Å². The van der Waals surface area contributed by atoms with Crippen molar-refractivity contribution in [3.63, 3.8) is 0 Å². The summed E-state index contributed by atoms with van der Waals surface area (Å²) in [5.74, 6) is 0.613. The molecule has 194 valence electrons. The average molecular weight is 671 g/mol. The molecule has 4 aromatic carbocycles. The third kappa shape index (κ3) is 7.60. The van der Waals surface area contributed by atoms with Crippen LogP contribution in [0.2, 0.25) is 0 Å². The summed E-state index contributed by atoms with van der Waals surface area (Å²) >= 11 is 5.47. The van der Waals surface area contributed by atoms with E-state index in [1.54, 1.807) is 28.2 Å². The van der Waals surface area contributed by atoms with Crippen molar-refractivity contribution in [1.82, 2.24) is 0 Å². The fourth-order valence-electron chi connectivity index (χ4n) is 4.62. The van der Waals surface area contributed by atoms with Gasteiger partial charge in [0, 0.05) is 9.37 Å². The van der Waals surface area contributed by atoms with Crippen molar-refractivity contribution in [2.75, 3.05) is 28.2 Å². The molecule has 7 rings (SSSR count). The van der Waals surface area contributed by atoms with E-state index in [0.717, 1.165) is 0 Å². The van der Waals surface area contributed by atoms with Gasteiger partial charge in [0.2, 0.25) is 0 Å². The molecule has 2 unspecified atom stereocenters. The summed E-state index contributed by atoms with van der Waals surface area (Å²) in [6.45, 7) is 0. The Balaban J connectivity index is 0.000000176. The predicted molar refractivity (Wildman–Crippen MR) is 167 cm³/mol. The maximum Gasteiger partial charge on any atom is 4.00 e. The molecule has 1 aliphatic heterocycles. The molecule has 0 spiro atoms. The molecule has 0 saturated heterocycles. The number of benzene rings is 4. The normalized spacial score (nSPS) is 16.0. The Morgan fingerprint density at radius 2 is 1.33 bits per heavy atom. The summed E-state index contributed by atoms with van der Waals surface area (Å²) in [7, 11) is 7.00. The number of hydrogen-bond donors (Lipinski definition) is 0. The quantitative estimate of drug-likeness (QED) is 0.185. The van der Waals surface area contributed by atoms with E-state index in [1.165, 1.54) is 47.6 Å². The van der Waals surface area contributed by atoms with E-state index < -0.39 is 0 Å². The van der Waals surface area contributed by atoms with E-state index in [1.807, 2.05) is 17.8 Å². The Morgan fingerprint density at radius 3 is 2.08 bits per heavy atom. The van der Waals surface area contributed by atoms with E-state index in [0.29, 0.717) is 5.92 Å². The summed E-state index contributed by atoms with van der Waals surface area (Å²) in [4.78, 5) is 2.68. The first-order valence-electron chi connectivity index (χ1n) is 12.5. The van der Waals surface area contributed by atoms with Gasteiger partial charge in [0.25, 0.3) is 0 Å². The summed E-state index contributed by atoms with van der Waals surface area (Å²) in [6.07, 6.45) is 11.1. The minimum absolute atomic E-state index is 0. The van der Waals surface area contributed by atoms with Gasteiger partial charge in [0.05, 0.1) is 0 Å². The van der Waals surface area contributed by atoms with Gasteiger partial charge in [0.15, 0.2) is 0 Å². The van der Waals surface area contributed by atoms with Crippen molar-refractivity contribution >= 4 is 39.8 Å². The van der Waals surface area contributed by atoms with Gasteiger partial charge in [-0.15, -0.1) is 29.0 Å². The zero-order chi connectivity index (χ0) is 26.9. The monoisotopic (exact) mass is 668 g/mol. The largest absolute Gasteiger partial charge is 4.00 e. The van der Waals surface area contributed by atoms with Gasteiger partial charge in [-0.25, -0.2) is 12.2 Å². The molecule has 2 nitrogen and oxygen atoms in total. The SMILES string of the molecule is Brc1cccc2c1C(c1ccccc1)[C-]=C2.C[N-]C.C[N-]C.[C-]1=Cc2c3cccc2C1c1cccc(c1)S3.[Zr+4]. The molecule has 0 radical (unpaired) electrons. The van der Waals surface area contributed by atoms with Crippen molar-refractivity contribution in [1.29, 1.82) is 0 Å². The van der Waals surface area contributed by atoms with E-state index in [2.05, 4.69) is 136 Å². The fourth-order valence-corrected chi connectivity index (χ4v) is 6.26. The molecule has 2 atom stereocenters. The van der Waals surface area contributed by atoms with Gasteiger partial charge >= 0.3 is 26.2 Å². The number of nitrogens with zero attached hydrogens (tertiary/aromatic N) is 2. The van der Waals surface area contributed by atoms with Gasteiger partial charge in [-0.05, 0) is 12.1 Å². The first-order chi connectivity index (χ1) is 18.6. The molecule has 0 N–H and O–H groups in total. The van der Waals surface area contributed by atoms with Gasteiger partial charge in [-0.1, -0.05) is 117 Å². The van der Waals surface area contributed by atoms with E-state index in [4.69, 9.17) is 0 Å². The van der Waals surface area contributed by atoms with Crippen molar-refractivity contribution < 1.29 is 26.2 Å². The van der Waals surface area contributed by atoms with Crippen molar-refractivity contribution in [3.05, 3.63) is 152 Å². The standard InChI is InChI=1S/C15H10Br.C15H9S.2C2H6N.Zr/c16-14-8-4-7-12-9-10-13(15(12)14)11-5-2-1-3-6-11;1-3-10-9-11(4-1)16-15-6-2-5-13-12(10)7-8-14(13)15;2*1-3-2;/h1-9,13H;1-6,8-9,12H;2*1-2H3;/q4*-1;+4. The van der Waals surface area contributed by atoms with Crippen LogP contribution in [0.1, 0.15) is 45.2 Å². The number of hydrogen-bond acceptors (Lipinski definition) is 1. The van der Waals surface area contributed by atoms with Crippen LogP contribution in [0.15, 0.2) is 105 Å². The molecule has 1 heterocycles. The Hall–Kier alpha value is -2.01. The first-order valence-corrected chi connectivity index (χ1v) is 14.1. The number of fused-ring (bicyclic) bond motifs is 4. The topological polar surface area (TPSA) is 28.2 Å². The minimum atomic E-state index is 0. The third-order valence-electron chi connectivity index (χ3n) is 6.14. The summed E-state index contributed by atoms with van der Waals surface area (Å²) in [5, 5.41) is 7.00. The second-order valence-corrected chi connectivity index (χ2v) is 10.9. The van der Waals surface area contributed by atoms with Gasteiger partial charge < -0.3 is 10.6 Å². The third-order valence-corrected chi connectivity index (χ3v) is 7.90. The molecular weight excluding hydrogens is 640 g/mol. The smallest absolute Gasteiger partial charge is 0.668 e. The molecule has 6 bridgehead atoms. The zero-order valence-corrected chi connectivity index (χ0v) is 27.5. The van der Waals surface area contributed by atoms with Gasteiger partial charge in [-0.3, -0.25) is 12.2 Å². The van der Waals surface area contributed by atoms with Crippen LogP contribution in [0.3, 0.4) is 0 Å². The molecule has 39 heavy (non-hydrogen) atoms. The van der Waals surface area contributed by atoms with Crippen molar-refractivity contribution in [2.45, 2.75) is 21.6 Å². The van der Waals surface area contributed by atoms with E-state index in [9.17, 15) is 0 Å². The van der Waals surface area contributed by atoms with Gasteiger partial charge in [0.1, 0.15) is 0 Å². The van der Waals surface area contributed by atoms with Gasteiger partial charge in [-0.2, -0.15) is 39.3 Å². The minimum Gasteiger partial charge on any atom is -0.668 e. The Labute approximate surface area is 265 Å². The molecule has 0 aromatic heterocycles. The Morgan fingerprint density at radius 1 is 0.692 bits per heavy atom. The zero-order valence-electron chi connectivity index (χ0n) is 22.7. The van der Waals surface area contributed by atoms with Crippen LogP contribution in [-0.4, -0.2) is 28.2 Å².